The van der Waals surface area contributed by atoms with Crippen LogP contribution in [-0.2, 0) is 12.8 Å². The predicted octanol–water partition coefficient (Wildman–Crippen LogP) is 10.6. The number of nitrogens with zero attached hydrogens (tertiary/aromatic N) is 4. The second kappa shape index (κ2) is 11.9. The monoisotopic (exact) mass is 608 g/mol. The van der Waals surface area contributed by atoms with E-state index in [0.717, 1.165) is 52.4 Å². The Kier molecular flexibility index (Phi) is 7.80. The molecule has 6 aromatic rings. The number of aromatic nitrogens is 4. The molecular weight excluding hydrogens is 564 g/mol. The largest absolute Gasteiger partial charge is 0.457 e. The van der Waals surface area contributed by atoms with Crippen molar-refractivity contribution in [3.63, 3.8) is 0 Å². The number of para-hydroxylation sites is 1. The third kappa shape index (κ3) is 5.22. The number of hydrogen-bond acceptors (Lipinski definition) is 3. The molecule has 7 rings (SSSR count). The Morgan fingerprint density at radius 1 is 0.804 bits per heavy atom. The summed E-state index contributed by atoms with van der Waals surface area (Å²) in [6, 6.07) is 25.5. The smallest absolute Gasteiger partial charge is 0.137 e. The fourth-order valence-electron chi connectivity index (χ4n) is 7.94. The number of ether oxygens (including phenoxy) is 1. The standard InChI is InChI=1S/C41H44N4O/c1-8-35-41(40-28(6)18-26(4)19-29(40)7)36(9-2)45(43-35)30-20-27(5)21-32(23-30)46-31-14-15-34-33-12-10-11-13-37(33)44(38(34)24-31)39-22-25(3)16-17-42-39/h10-18,20-24,26,29,40H,8-9,19H2,1-7H3/t26-,29-,40?/m0/s1. The Bertz CT molecular complexity index is 2110. The molecule has 0 spiro atoms. The highest BCUT2D eigenvalue weighted by Crippen LogP contribution is 2.44. The van der Waals surface area contributed by atoms with E-state index in [4.69, 9.17) is 14.8 Å². The molecule has 0 aliphatic heterocycles. The van der Waals surface area contributed by atoms with Gasteiger partial charge >= 0.3 is 0 Å². The molecule has 3 aromatic carbocycles. The number of rotatable bonds is 7. The Hall–Kier alpha value is -4.64. The molecule has 0 fully saturated rings. The van der Waals surface area contributed by atoms with Gasteiger partial charge in [0.2, 0.25) is 0 Å². The molecule has 0 saturated carbocycles. The Labute approximate surface area is 272 Å². The fourth-order valence-corrected chi connectivity index (χ4v) is 7.94. The van der Waals surface area contributed by atoms with Gasteiger partial charge in [0.25, 0.3) is 0 Å². The highest BCUT2D eigenvalue weighted by molar-refractivity contribution is 6.09. The first-order valence-corrected chi connectivity index (χ1v) is 16.8. The molecule has 3 heterocycles. The first kappa shape index (κ1) is 30.0. The summed E-state index contributed by atoms with van der Waals surface area (Å²) in [6.07, 6.45) is 7.41. The van der Waals surface area contributed by atoms with Crippen LogP contribution >= 0.6 is 0 Å². The van der Waals surface area contributed by atoms with E-state index in [0.29, 0.717) is 17.8 Å². The van der Waals surface area contributed by atoms with Crippen molar-refractivity contribution in [2.45, 2.75) is 73.6 Å². The second-order valence-corrected chi connectivity index (χ2v) is 13.3. The summed E-state index contributed by atoms with van der Waals surface area (Å²) in [4.78, 5) is 4.74. The van der Waals surface area contributed by atoms with E-state index in [1.54, 1.807) is 0 Å². The topological polar surface area (TPSA) is 44.9 Å². The van der Waals surface area contributed by atoms with E-state index < -0.39 is 0 Å². The zero-order valence-electron chi connectivity index (χ0n) is 28.1. The average molecular weight is 609 g/mol. The Balaban J connectivity index is 1.31. The zero-order chi connectivity index (χ0) is 32.1. The van der Waals surface area contributed by atoms with Gasteiger partial charge in [0.15, 0.2) is 0 Å². The Morgan fingerprint density at radius 3 is 2.37 bits per heavy atom. The maximum atomic E-state index is 6.66. The van der Waals surface area contributed by atoms with Crippen molar-refractivity contribution in [1.29, 1.82) is 0 Å². The molecule has 0 radical (unpaired) electrons. The second-order valence-electron chi connectivity index (χ2n) is 13.3. The number of aryl methyl sites for hydroxylation is 3. The maximum Gasteiger partial charge on any atom is 0.137 e. The third-order valence-electron chi connectivity index (χ3n) is 9.72. The van der Waals surface area contributed by atoms with E-state index in [-0.39, 0.29) is 0 Å². The van der Waals surface area contributed by atoms with E-state index in [1.807, 2.05) is 12.3 Å². The van der Waals surface area contributed by atoms with Gasteiger partial charge in [-0.2, -0.15) is 5.10 Å². The molecule has 234 valence electrons. The van der Waals surface area contributed by atoms with Crippen molar-refractivity contribution in [2.75, 3.05) is 0 Å². The molecule has 1 unspecified atom stereocenters. The van der Waals surface area contributed by atoms with Crippen LogP contribution in [0.25, 0.3) is 33.3 Å². The minimum atomic E-state index is 0.414. The van der Waals surface area contributed by atoms with Crippen LogP contribution in [0.2, 0.25) is 0 Å². The van der Waals surface area contributed by atoms with Crippen molar-refractivity contribution in [3.05, 3.63) is 119 Å². The van der Waals surface area contributed by atoms with E-state index >= 15 is 0 Å². The molecule has 0 N–H and O–H groups in total. The molecule has 5 nitrogen and oxygen atoms in total. The summed E-state index contributed by atoms with van der Waals surface area (Å²) in [5, 5.41) is 7.64. The van der Waals surface area contributed by atoms with Gasteiger partial charge in [0, 0.05) is 46.3 Å². The summed E-state index contributed by atoms with van der Waals surface area (Å²) < 4.78 is 11.1. The minimum Gasteiger partial charge on any atom is -0.457 e. The molecule has 5 heteroatoms. The van der Waals surface area contributed by atoms with Crippen molar-refractivity contribution in [3.8, 4) is 23.0 Å². The lowest BCUT2D eigenvalue weighted by Crippen LogP contribution is -2.21. The number of hydrogen-bond donors (Lipinski definition) is 0. The molecule has 3 atom stereocenters. The number of pyridine rings is 1. The molecule has 0 bridgehead atoms. The van der Waals surface area contributed by atoms with Gasteiger partial charge in [-0.15, -0.1) is 0 Å². The summed E-state index contributed by atoms with van der Waals surface area (Å²) in [6.45, 7) is 15.8. The molecule has 1 aliphatic carbocycles. The summed E-state index contributed by atoms with van der Waals surface area (Å²) in [7, 11) is 0. The van der Waals surface area contributed by atoms with Crippen LogP contribution < -0.4 is 4.74 Å². The SMILES string of the molecule is CCc1nn(-c2cc(C)cc(Oc3ccc4c5ccccc5n(-c5cc(C)ccn5)c4c3)c2)c(CC)c1C1C(C)=C[C@H](C)C[C@@H]1C. The zero-order valence-corrected chi connectivity index (χ0v) is 28.1. The molecule has 1 aliphatic rings. The van der Waals surface area contributed by atoms with Crippen molar-refractivity contribution in [2.24, 2.45) is 11.8 Å². The lowest BCUT2D eigenvalue weighted by Gasteiger charge is -2.33. The van der Waals surface area contributed by atoms with Gasteiger partial charge in [0.05, 0.1) is 22.4 Å². The van der Waals surface area contributed by atoms with Crippen molar-refractivity contribution >= 4 is 21.8 Å². The number of benzene rings is 3. The summed E-state index contributed by atoms with van der Waals surface area (Å²) >= 11 is 0. The highest BCUT2D eigenvalue weighted by atomic mass is 16.5. The van der Waals surface area contributed by atoms with Crippen molar-refractivity contribution < 1.29 is 4.74 Å². The molecule has 3 aromatic heterocycles. The number of fused-ring (bicyclic) bond motifs is 3. The Morgan fingerprint density at radius 2 is 1.61 bits per heavy atom. The van der Waals surface area contributed by atoms with Crippen LogP contribution in [0.1, 0.15) is 75.0 Å². The molecule has 46 heavy (non-hydrogen) atoms. The average Bonchev–Trinajstić information content (AvgIpc) is 3.55. The number of allylic oxidation sites excluding steroid dienone is 2. The van der Waals surface area contributed by atoms with Crippen LogP contribution in [0.3, 0.4) is 0 Å². The lowest BCUT2D eigenvalue weighted by atomic mass is 9.72. The summed E-state index contributed by atoms with van der Waals surface area (Å²) in [5.41, 5.74) is 11.0. The van der Waals surface area contributed by atoms with Gasteiger partial charge in [-0.05, 0) is 105 Å². The van der Waals surface area contributed by atoms with Gasteiger partial charge in [0.1, 0.15) is 17.3 Å². The third-order valence-corrected chi connectivity index (χ3v) is 9.72. The van der Waals surface area contributed by atoms with Crippen LogP contribution in [0.15, 0.2) is 90.6 Å². The van der Waals surface area contributed by atoms with E-state index in [1.165, 1.54) is 45.3 Å². The molecular formula is C41H44N4O. The quantitative estimate of drug-likeness (QED) is 0.169. The van der Waals surface area contributed by atoms with Gasteiger partial charge < -0.3 is 4.74 Å². The lowest BCUT2D eigenvalue weighted by molar-refractivity contribution is 0.389. The maximum absolute atomic E-state index is 6.66. The minimum absolute atomic E-state index is 0.414. The van der Waals surface area contributed by atoms with E-state index in [2.05, 4.69) is 131 Å². The first-order chi connectivity index (χ1) is 22.2. The predicted molar refractivity (Wildman–Crippen MR) is 190 cm³/mol. The highest BCUT2D eigenvalue weighted by Gasteiger charge is 2.32. The van der Waals surface area contributed by atoms with Crippen molar-refractivity contribution in [1.82, 2.24) is 19.3 Å². The van der Waals surface area contributed by atoms with Crippen LogP contribution in [0, 0.1) is 25.7 Å². The normalized spacial score (nSPS) is 18.3. The fraction of sp³-hybridized carbons (Fsp3) is 0.317. The summed E-state index contributed by atoms with van der Waals surface area (Å²) in [5.74, 6) is 4.13. The van der Waals surface area contributed by atoms with Gasteiger partial charge in [-0.1, -0.05) is 57.5 Å². The van der Waals surface area contributed by atoms with Crippen LogP contribution in [0.4, 0.5) is 0 Å². The molecule has 0 amide bonds. The van der Waals surface area contributed by atoms with E-state index in [9.17, 15) is 0 Å². The van der Waals surface area contributed by atoms with Crippen LogP contribution in [0.5, 0.6) is 11.5 Å². The van der Waals surface area contributed by atoms with Gasteiger partial charge in [-0.25, -0.2) is 9.67 Å². The first-order valence-electron chi connectivity index (χ1n) is 16.8. The molecule has 0 saturated heterocycles. The van der Waals surface area contributed by atoms with Crippen LogP contribution in [-0.4, -0.2) is 19.3 Å². The van der Waals surface area contributed by atoms with Gasteiger partial charge in [-0.3, -0.25) is 4.57 Å².